The van der Waals surface area contributed by atoms with Gasteiger partial charge in [0.25, 0.3) is 5.91 Å². The molecule has 2 aromatic rings. The van der Waals surface area contributed by atoms with Crippen LogP contribution in [0.25, 0.3) is 0 Å². The van der Waals surface area contributed by atoms with E-state index in [0.29, 0.717) is 17.1 Å². The van der Waals surface area contributed by atoms with Crippen LogP contribution in [0.2, 0.25) is 0 Å². The van der Waals surface area contributed by atoms with Crippen LogP contribution in [-0.4, -0.2) is 29.2 Å². The number of nitrogens with zero attached hydrogens (tertiary/aromatic N) is 3. The molecule has 0 aliphatic carbocycles. The SMILES string of the molecule is Nc1nonc1C(=O)NN=Cc1cc2c(cc1Br)OCO2. The number of rotatable bonds is 3. The zero-order valence-electron chi connectivity index (χ0n) is 10.4. The lowest BCUT2D eigenvalue weighted by Crippen LogP contribution is -2.19. The fraction of sp³-hybridized carbons (Fsp3) is 0.0909. The third-order valence-electron chi connectivity index (χ3n) is 2.59. The highest BCUT2D eigenvalue weighted by atomic mass is 79.9. The molecule has 0 unspecified atom stereocenters. The van der Waals surface area contributed by atoms with Crippen molar-refractivity contribution in [3.8, 4) is 11.5 Å². The van der Waals surface area contributed by atoms with E-state index in [4.69, 9.17) is 15.2 Å². The zero-order valence-corrected chi connectivity index (χ0v) is 12.0. The van der Waals surface area contributed by atoms with Gasteiger partial charge in [0, 0.05) is 10.0 Å². The summed E-state index contributed by atoms with van der Waals surface area (Å²) in [6.07, 6.45) is 1.44. The van der Waals surface area contributed by atoms with Gasteiger partial charge < -0.3 is 15.2 Å². The maximum Gasteiger partial charge on any atom is 0.297 e. The number of carbonyl (C=O) groups is 1. The van der Waals surface area contributed by atoms with Gasteiger partial charge in [0.1, 0.15) is 0 Å². The first-order chi connectivity index (χ1) is 10.1. The van der Waals surface area contributed by atoms with Crippen molar-refractivity contribution in [1.82, 2.24) is 15.7 Å². The Labute approximate surface area is 126 Å². The number of benzene rings is 1. The molecule has 1 aliphatic rings. The second kappa shape index (κ2) is 5.40. The minimum atomic E-state index is -0.623. The van der Waals surface area contributed by atoms with Crippen LogP contribution in [0, 0.1) is 0 Å². The summed E-state index contributed by atoms with van der Waals surface area (Å²) in [4.78, 5) is 11.7. The van der Waals surface area contributed by atoms with Gasteiger partial charge in [-0.1, -0.05) is 0 Å². The highest BCUT2D eigenvalue weighted by Gasteiger charge is 2.16. The summed E-state index contributed by atoms with van der Waals surface area (Å²) in [5.41, 5.74) is 8.23. The van der Waals surface area contributed by atoms with E-state index in [1.54, 1.807) is 12.1 Å². The monoisotopic (exact) mass is 353 g/mol. The van der Waals surface area contributed by atoms with Gasteiger partial charge >= 0.3 is 0 Å². The van der Waals surface area contributed by atoms with Gasteiger partial charge in [-0.3, -0.25) is 4.79 Å². The minimum absolute atomic E-state index is 0.105. The number of aromatic nitrogens is 2. The Hall–Kier alpha value is -2.62. The van der Waals surface area contributed by atoms with E-state index >= 15 is 0 Å². The molecule has 2 heterocycles. The number of hydrogen-bond acceptors (Lipinski definition) is 8. The number of halogens is 1. The largest absolute Gasteiger partial charge is 0.454 e. The molecule has 1 amide bonds. The molecular formula is C11H8BrN5O4. The van der Waals surface area contributed by atoms with E-state index in [9.17, 15) is 4.79 Å². The number of nitrogen functional groups attached to an aromatic ring is 1. The third-order valence-corrected chi connectivity index (χ3v) is 3.28. The molecular weight excluding hydrogens is 346 g/mol. The number of anilines is 1. The van der Waals surface area contributed by atoms with Crippen LogP contribution in [0.5, 0.6) is 11.5 Å². The molecule has 0 atom stereocenters. The molecule has 0 spiro atoms. The summed E-state index contributed by atoms with van der Waals surface area (Å²) in [5.74, 6) is 0.522. The first-order valence-electron chi connectivity index (χ1n) is 5.65. The summed E-state index contributed by atoms with van der Waals surface area (Å²) < 4.78 is 15.6. The predicted octanol–water partition coefficient (Wildman–Crippen LogP) is 0.907. The van der Waals surface area contributed by atoms with E-state index in [1.165, 1.54) is 6.21 Å². The molecule has 0 bridgehead atoms. The quantitative estimate of drug-likeness (QED) is 0.620. The van der Waals surface area contributed by atoms with Crippen LogP contribution in [-0.2, 0) is 0 Å². The minimum Gasteiger partial charge on any atom is -0.454 e. The van der Waals surface area contributed by atoms with Crippen molar-refractivity contribution < 1.29 is 18.9 Å². The van der Waals surface area contributed by atoms with Crippen LogP contribution in [0.4, 0.5) is 5.82 Å². The number of ether oxygens (including phenoxy) is 2. The van der Waals surface area contributed by atoms with E-state index in [-0.39, 0.29) is 18.3 Å². The summed E-state index contributed by atoms with van der Waals surface area (Å²) in [7, 11) is 0. The van der Waals surface area contributed by atoms with Crippen LogP contribution in [0.3, 0.4) is 0 Å². The molecule has 108 valence electrons. The lowest BCUT2D eigenvalue weighted by atomic mass is 10.2. The van der Waals surface area contributed by atoms with Gasteiger partial charge in [0.05, 0.1) is 6.21 Å². The number of nitrogens with two attached hydrogens (primary N) is 1. The second-order valence-electron chi connectivity index (χ2n) is 3.92. The lowest BCUT2D eigenvalue weighted by molar-refractivity contribution is 0.0946. The third kappa shape index (κ3) is 2.65. The van der Waals surface area contributed by atoms with E-state index in [0.717, 1.165) is 4.47 Å². The molecule has 0 radical (unpaired) electrons. The lowest BCUT2D eigenvalue weighted by Gasteiger charge is -2.01. The predicted molar refractivity (Wildman–Crippen MR) is 74.0 cm³/mol. The number of nitrogens with one attached hydrogen (secondary N) is 1. The normalized spacial score (nSPS) is 12.8. The number of carbonyl (C=O) groups excluding carboxylic acids is 1. The zero-order chi connectivity index (χ0) is 14.8. The summed E-state index contributed by atoms with van der Waals surface area (Å²) in [5, 5.41) is 10.5. The van der Waals surface area contributed by atoms with Crippen molar-refractivity contribution in [2.75, 3.05) is 12.5 Å². The maximum absolute atomic E-state index is 11.7. The Balaban J connectivity index is 1.72. The smallest absolute Gasteiger partial charge is 0.297 e. The second-order valence-corrected chi connectivity index (χ2v) is 4.78. The molecule has 9 nitrogen and oxygen atoms in total. The standard InChI is InChI=1S/C11H8BrN5O4/c12-6-2-8-7(19-4-20-8)1-5(6)3-14-15-11(18)9-10(13)17-21-16-9/h1-3H,4H2,(H2,13,17)(H,15,18). The molecule has 3 rings (SSSR count). The Morgan fingerprint density at radius 2 is 2.14 bits per heavy atom. The summed E-state index contributed by atoms with van der Waals surface area (Å²) in [6, 6.07) is 3.49. The fourth-order valence-corrected chi connectivity index (χ4v) is 2.02. The summed E-state index contributed by atoms with van der Waals surface area (Å²) in [6.45, 7) is 0.178. The molecule has 3 N–H and O–H groups in total. The van der Waals surface area contributed by atoms with E-state index in [1.807, 2.05) is 0 Å². The number of fused-ring (bicyclic) bond motifs is 1. The highest BCUT2D eigenvalue weighted by molar-refractivity contribution is 9.10. The fourth-order valence-electron chi connectivity index (χ4n) is 1.60. The average Bonchev–Trinajstić information content (AvgIpc) is 3.07. The van der Waals surface area contributed by atoms with Crippen molar-refractivity contribution in [3.05, 3.63) is 27.9 Å². The Morgan fingerprint density at radius 3 is 2.86 bits per heavy atom. The Morgan fingerprint density at radius 1 is 1.38 bits per heavy atom. The average molecular weight is 354 g/mol. The van der Waals surface area contributed by atoms with E-state index in [2.05, 4.69) is 41.4 Å². The van der Waals surface area contributed by atoms with Crippen molar-refractivity contribution in [1.29, 1.82) is 0 Å². The van der Waals surface area contributed by atoms with Gasteiger partial charge in [0.2, 0.25) is 18.3 Å². The number of hydrogen-bond donors (Lipinski definition) is 2. The molecule has 0 saturated heterocycles. The molecule has 10 heteroatoms. The molecule has 1 aromatic heterocycles. The number of amides is 1. The Bertz CT molecular complexity index is 729. The van der Waals surface area contributed by atoms with Gasteiger partial charge in [-0.25, -0.2) is 10.1 Å². The Kier molecular flexibility index (Phi) is 3.44. The van der Waals surface area contributed by atoms with Gasteiger partial charge in [-0.05, 0) is 38.4 Å². The highest BCUT2D eigenvalue weighted by Crippen LogP contribution is 2.36. The topological polar surface area (TPSA) is 125 Å². The molecule has 0 saturated carbocycles. The first-order valence-corrected chi connectivity index (χ1v) is 6.45. The van der Waals surface area contributed by atoms with Crippen molar-refractivity contribution in [2.45, 2.75) is 0 Å². The van der Waals surface area contributed by atoms with Crippen LogP contribution >= 0.6 is 15.9 Å². The summed E-state index contributed by atoms with van der Waals surface area (Å²) >= 11 is 3.37. The van der Waals surface area contributed by atoms with Crippen LogP contribution < -0.4 is 20.6 Å². The van der Waals surface area contributed by atoms with Gasteiger partial charge in [0.15, 0.2) is 11.5 Å². The molecule has 0 fully saturated rings. The van der Waals surface area contributed by atoms with Gasteiger partial charge in [-0.2, -0.15) is 5.10 Å². The maximum atomic E-state index is 11.7. The molecule has 1 aromatic carbocycles. The van der Waals surface area contributed by atoms with E-state index < -0.39 is 5.91 Å². The molecule has 21 heavy (non-hydrogen) atoms. The molecule has 1 aliphatic heterocycles. The first kappa shape index (κ1) is 13.4. The van der Waals surface area contributed by atoms with Crippen LogP contribution in [0.15, 0.2) is 26.3 Å². The van der Waals surface area contributed by atoms with Gasteiger partial charge in [-0.15, -0.1) is 0 Å². The number of hydrazone groups is 1. The van der Waals surface area contributed by atoms with Crippen molar-refractivity contribution in [3.63, 3.8) is 0 Å². The van der Waals surface area contributed by atoms with Crippen molar-refractivity contribution >= 4 is 33.9 Å². The van der Waals surface area contributed by atoms with Crippen LogP contribution in [0.1, 0.15) is 16.1 Å². The van der Waals surface area contributed by atoms with Crippen molar-refractivity contribution in [2.24, 2.45) is 5.10 Å².